The van der Waals surface area contributed by atoms with Gasteiger partial charge >= 0.3 is 0 Å². The Hall–Kier alpha value is -2.62. The molecule has 29 heavy (non-hydrogen) atoms. The number of carbonyl (C=O) groups is 1. The maximum Gasteiger partial charge on any atom is 0.223 e. The third-order valence-electron chi connectivity index (χ3n) is 6.06. The largest absolute Gasteiger partial charge is 0.356 e. The molecule has 3 aromatic rings. The monoisotopic (exact) mass is 389 g/mol. The molecule has 1 saturated carbocycles. The fourth-order valence-electron chi connectivity index (χ4n) is 3.81. The summed E-state index contributed by atoms with van der Waals surface area (Å²) in [7, 11) is 0. The van der Waals surface area contributed by atoms with E-state index in [1.807, 2.05) is 6.07 Å². The summed E-state index contributed by atoms with van der Waals surface area (Å²) in [5.41, 5.74) is 4.91. The number of hydrogen-bond donors (Lipinski definition) is 1. The van der Waals surface area contributed by atoms with Crippen molar-refractivity contribution < 1.29 is 4.79 Å². The molecule has 0 bridgehead atoms. The molecule has 1 N–H and O–H groups in total. The Balaban J connectivity index is 1.48. The number of hydrogen-bond acceptors (Lipinski definition) is 2. The van der Waals surface area contributed by atoms with Gasteiger partial charge in [-0.2, -0.15) is 0 Å². The first kappa shape index (κ1) is 19.7. The van der Waals surface area contributed by atoms with Crippen LogP contribution in [-0.2, 0) is 17.8 Å². The van der Waals surface area contributed by atoms with Gasteiger partial charge in [0.25, 0.3) is 0 Å². The second kappa shape index (κ2) is 8.81. The summed E-state index contributed by atoms with van der Waals surface area (Å²) in [6.07, 6.45) is 5.04. The zero-order chi connectivity index (χ0) is 20.2. The predicted molar refractivity (Wildman–Crippen MR) is 118 cm³/mol. The Morgan fingerprint density at radius 1 is 1.17 bits per heavy atom. The summed E-state index contributed by atoms with van der Waals surface area (Å²) in [5, 5.41) is 3.06. The minimum Gasteiger partial charge on any atom is -0.356 e. The van der Waals surface area contributed by atoms with Crippen molar-refractivity contribution in [3.05, 3.63) is 65.5 Å². The molecule has 152 valence electrons. The third kappa shape index (κ3) is 4.69. The highest BCUT2D eigenvalue weighted by molar-refractivity contribution is 5.80. The van der Waals surface area contributed by atoms with E-state index in [0.29, 0.717) is 5.92 Å². The van der Waals surface area contributed by atoms with E-state index in [1.54, 1.807) is 0 Å². The van der Waals surface area contributed by atoms with Crippen LogP contribution in [0.25, 0.3) is 11.0 Å². The molecule has 1 heterocycles. The lowest BCUT2D eigenvalue weighted by Crippen LogP contribution is -2.26. The molecule has 1 unspecified atom stereocenters. The second-order valence-corrected chi connectivity index (χ2v) is 8.32. The van der Waals surface area contributed by atoms with Gasteiger partial charge in [0.1, 0.15) is 5.82 Å². The molecular weight excluding hydrogens is 358 g/mol. The average molecular weight is 390 g/mol. The Bertz CT molecular complexity index is 969. The number of benzene rings is 2. The lowest BCUT2D eigenvalue weighted by molar-refractivity contribution is -0.122. The van der Waals surface area contributed by atoms with Crippen LogP contribution in [-0.4, -0.2) is 22.0 Å². The first-order valence-corrected chi connectivity index (χ1v) is 11.0. The normalized spacial score (nSPS) is 14.8. The molecule has 0 aliphatic heterocycles. The van der Waals surface area contributed by atoms with Crippen molar-refractivity contribution in [2.24, 2.45) is 5.92 Å². The van der Waals surface area contributed by atoms with Gasteiger partial charge in [-0.1, -0.05) is 50.2 Å². The van der Waals surface area contributed by atoms with Gasteiger partial charge in [-0.15, -0.1) is 0 Å². The van der Waals surface area contributed by atoms with E-state index in [9.17, 15) is 4.79 Å². The number of nitrogens with zero attached hydrogens (tertiary/aromatic N) is 2. The summed E-state index contributed by atoms with van der Waals surface area (Å²) in [6, 6.07) is 17.4. The van der Waals surface area contributed by atoms with Crippen LogP contribution in [0.3, 0.4) is 0 Å². The van der Waals surface area contributed by atoms with E-state index in [-0.39, 0.29) is 11.8 Å². The first-order valence-electron chi connectivity index (χ1n) is 11.0. The van der Waals surface area contributed by atoms with E-state index >= 15 is 0 Å². The number of aryl methyl sites for hydroxylation is 1. The quantitative estimate of drug-likeness (QED) is 0.520. The van der Waals surface area contributed by atoms with Gasteiger partial charge in [-0.3, -0.25) is 4.79 Å². The van der Waals surface area contributed by atoms with Crippen LogP contribution in [0.2, 0.25) is 0 Å². The minimum atomic E-state index is 0.222. The van der Waals surface area contributed by atoms with Crippen LogP contribution in [0.1, 0.15) is 62.4 Å². The van der Waals surface area contributed by atoms with Gasteiger partial charge in [-0.05, 0) is 54.9 Å². The molecule has 4 heteroatoms. The molecule has 1 aromatic heterocycles. The summed E-state index contributed by atoms with van der Waals surface area (Å²) >= 11 is 0. The van der Waals surface area contributed by atoms with Crippen molar-refractivity contribution in [3.8, 4) is 0 Å². The van der Waals surface area contributed by atoms with Crippen molar-refractivity contribution in [2.75, 3.05) is 6.54 Å². The maximum atomic E-state index is 11.8. The highest BCUT2D eigenvalue weighted by atomic mass is 16.2. The summed E-state index contributed by atoms with van der Waals surface area (Å²) in [4.78, 5) is 16.7. The van der Waals surface area contributed by atoms with Crippen LogP contribution < -0.4 is 5.32 Å². The van der Waals surface area contributed by atoms with Crippen molar-refractivity contribution >= 4 is 16.9 Å². The number of nitrogens with one attached hydrogen (secondary N) is 1. The number of rotatable bonds is 9. The van der Waals surface area contributed by atoms with Gasteiger partial charge in [0.2, 0.25) is 5.91 Å². The van der Waals surface area contributed by atoms with Crippen molar-refractivity contribution in [1.29, 1.82) is 0 Å². The molecule has 1 aliphatic rings. The zero-order valence-corrected chi connectivity index (χ0v) is 17.5. The standard InChI is InChI=1S/C25H31N3O/c1-3-18(2)20-12-10-19(11-13-20)17-28-23-8-5-4-7-22(23)27-24(28)9-6-16-26-25(29)21-14-15-21/h4-5,7-8,10-13,18,21H,3,6,9,14-17H2,1-2H3,(H,26,29). The molecule has 1 amide bonds. The average Bonchev–Trinajstić information content (AvgIpc) is 3.55. The van der Waals surface area contributed by atoms with Crippen molar-refractivity contribution in [1.82, 2.24) is 14.9 Å². The predicted octanol–water partition coefficient (Wildman–Crippen LogP) is 5.06. The lowest BCUT2D eigenvalue weighted by atomic mass is 9.97. The number of carbonyl (C=O) groups excluding carboxylic acids is 1. The minimum absolute atomic E-state index is 0.222. The van der Waals surface area contributed by atoms with Crippen molar-refractivity contribution in [2.45, 2.75) is 58.4 Å². The smallest absolute Gasteiger partial charge is 0.223 e. The number of imidazole rings is 1. The molecule has 4 nitrogen and oxygen atoms in total. The van der Waals surface area contributed by atoms with Gasteiger partial charge in [0, 0.05) is 25.4 Å². The fourth-order valence-corrected chi connectivity index (χ4v) is 3.81. The van der Waals surface area contributed by atoms with Gasteiger partial charge in [0.15, 0.2) is 0 Å². The van der Waals surface area contributed by atoms with Gasteiger partial charge in [-0.25, -0.2) is 4.98 Å². The molecule has 0 saturated heterocycles. The van der Waals surface area contributed by atoms with Crippen LogP contribution in [0.5, 0.6) is 0 Å². The van der Waals surface area contributed by atoms with E-state index in [2.05, 4.69) is 66.2 Å². The summed E-state index contributed by atoms with van der Waals surface area (Å²) < 4.78 is 2.33. The molecule has 1 fully saturated rings. The van der Waals surface area contributed by atoms with Crippen molar-refractivity contribution in [3.63, 3.8) is 0 Å². The number of para-hydroxylation sites is 2. The molecule has 4 rings (SSSR count). The Morgan fingerprint density at radius 2 is 1.93 bits per heavy atom. The molecule has 0 spiro atoms. The molecule has 1 atom stereocenters. The zero-order valence-electron chi connectivity index (χ0n) is 17.5. The number of amides is 1. The van der Waals surface area contributed by atoms with Crippen LogP contribution in [0, 0.1) is 5.92 Å². The topological polar surface area (TPSA) is 46.9 Å². The van der Waals surface area contributed by atoms with E-state index < -0.39 is 0 Å². The number of aromatic nitrogens is 2. The highest BCUT2D eigenvalue weighted by Crippen LogP contribution is 2.28. The molecule has 1 aliphatic carbocycles. The number of fused-ring (bicyclic) bond motifs is 1. The third-order valence-corrected chi connectivity index (χ3v) is 6.06. The van der Waals surface area contributed by atoms with Gasteiger partial charge in [0.05, 0.1) is 11.0 Å². The summed E-state index contributed by atoms with van der Waals surface area (Å²) in [5.74, 6) is 2.19. The molecule has 2 aromatic carbocycles. The first-order chi connectivity index (χ1) is 14.2. The highest BCUT2D eigenvalue weighted by Gasteiger charge is 2.29. The van der Waals surface area contributed by atoms with Gasteiger partial charge < -0.3 is 9.88 Å². The van der Waals surface area contributed by atoms with Crippen LogP contribution in [0.15, 0.2) is 48.5 Å². The lowest BCUT2D eigenvalue weighted by Gasteiger charge is -2.12. The van der Waals surface area contributed by atoms with Crippen LogP contribution in [0.4, 0.5) is 0 Å². The van der Waals surface area contributed by atoms with E-state index in [1.165, 1.54) is 16.6 Å². The van der Waals surface area contributed by atoms with E-state index in [4.69, 9.17) is 4.98 Å². The SMILES string of the molecule is CCC(C)c1ccc(Cn2c(CCCNC(=O)C3CC3)nc3ccccc32)cc1. The molecular formula is C25H31N3O. The summed E-state index contributed by atoms with van der Waals surface area (Å²) in [6.45, 7) is 6.06. The fraction of sp³-hybridized carbons (Fsp3) is 0.440. The molecule has 0 radical (unpaired) electrons. The Labute approximate surface area is 173 Å². The Kier molecular flexibility index (Phi) is 5.98. The maximum absolute atomic E-state index is 11.8. The second-order valence-electron chi connectivity index (χ2n) is 8.32. The van der Waals surface area contributed by atoms with Crippen LogP contribution >= 0.6 is 0 Å². The van der Waals surface area contributed by atoms with E-state index in [0.717, 1.165) is 56.5 Å². The Morgan fingerprint density at radius 3 is 2.66 bits per heavy atom.